The van der Waals surface area contributed by atoms with E-state index in [1.54, 1.807) is 17.3 Å². The summed E-state index contributed by atoms with van der Waals surface area (Å²) < 4.78 is 6.62. The van der Waals surface area contributed by atoms with Crippen molar-refractivity contribution in [1.82, 2.24) is 14.9 Å². The van der Waals surface area contributed by atoms with Gasteiger partial charge in [0.1, 0.15) is 6.10 Å². The predicted molar refractivity (Wildman–Crippen MR) is 99.9 cm³/mol. The molecule has 1 aliphatic heterocycles. The minimum Gasteiger partial charge on any atom is -0.458 e. The summed E-state index contributed by atoms with van der Waals surface area (Å²) in [7, 11) is 0. The van der Waals surface area contributed by atoms with E-state index in [1.165, 1.54) is 0 Å². The summed E-state index contributed by atoms with van der Waals surface area (Å²) in [6.45, 7) is 5.28. The zero-order chi connectivity index (χ0) is 17.8. The molecule has 3 rings (SSSR count). The lowest BCUT2D eigenvalue weighted by atomic mass is 10.1. The van der Waals surface area contributed by atoms with Gasteiger partial charge in [0.2, 0.25) is 0 Å². The van der Waals surface area contributed by atoms with E-state index < -0.39 is 0 Å². The largest absolute Gasteiger partial charge is 0.458 e. The molecule has 0 spiro atoms. The summed E-state index contributed by atoms with van der Waals surface area (Å²) in [6, 6.07) is 6.26. The van der Waals surface area contributed by atoms with E-state index in [0.717, 1.165) is 40.7 Å². The van der Waals surface area contributed by atoms with E-state index in [-0.39, 0.29) is 12.1 Å². The van der Waals surface area contributed by atoms with Crippen LogP contribution in [-0.2, 0) is 0 Å². The van der Waals surface area contributed by atoms with Gasteiger partial charge in [0.25, 0.3) is 0 Å². The second kappa shape index (κ2) is 7.82. The Bertz CT molecular complexity index is 731. The summed E-state index contributed by atoms with van der Waals surface area (Å²) in [4.78, 5) is 22.6. The molecule has 1 aromatic heterocycles. The number of nitrogens with one attached hydrogen (secondary N) is 1. The van der Waals surface area contributed by atoms with Crippen molar-refractivity contribution in [2.24, 2.45) is 0 Å². The fraction of sp³-hybridized carbons (Fsp3) is 0.389. The van der Waals surface area contributed by atoms with Crippen LogP contribution in [0.25, 0.3) is 0 Å². The number of urea groups is 1. The third-order valence-electron chi connectivity index (χ3n) is 4.01. The second-order valence-corrected chi connectivity index (χ2v) is 7.23. The molecule has 1 atom stereocenters. The molecule has 1 fully saturated rings. The number of halogens is 1. The fourth-order valence-electron chi connectivity index (χ4n) is 2.98. The lowest BCUT2D eigenvalue weighted by Gasteiger charge is -2.32. The van der Waals surface area contributed by atoms with Crippen LogP contribution in [0.5, 0.6) is 6.01 Å². The number of aromatic nitrogens is 2. The molecule has 25 heavy (non-hydrogen) atoms. The smallest absolute Gasteiger partial charge is 0.321 e. The average Bonchev–Trinajstić information content (AvgIpc) is 2.56. The number of hydrogen-bond acceptors (Lipinski definition) is 4. The second-order valence-electron chi connectivity index (χ2n) is 6.32. The van der Waals surface area contributed by atoms with Crippen molar-refractivity contribution < 1.29 is 9.53 Å². The highest BCUT2D eigenvalue weighted by Gasteiger charge is 2.25. The number of hydrogen-bond donors (Lipinski definition) is 1. The lowest BCUT2D eigenvalue weighted by molar-refractivity contribution is 0.0982. The first-order chi connectivity index (χ1) is 12.0. The SMILES string of the molecule is Cc1cc(C)cc(NC(=O)N2CCCC(Oc3ncc(Br)cn3)C2)c1. The van der Waals surface area contributed by atoms with Crippen LogP contribution >= 0.6 is 15.9 Å². The molecule has 0 bridgehead atoms. The molecule has 0 saturated carbocycles. The third-order valence-corrected chi connectivity index (χ3v) is 4.42. The third kappa shape index (κ3) is 4.92. The summed E-state index contributed by atoms with van der Waals surface area (Å²) in [6.07, 6.45) is 4.97. The molecule has 132 valence electrons. The van der Waals surface area contributed by atoms with Gasteiger partial charge in [-0.3, -0.25) is 0 Å². The van der Waals surface area contributed by atoms with Crippen LogP contribution < -0.4 is 10.1 Å². The molecule has 6 nitrogen and oxygen atoms in total. The summed E-state index contributed by atoms with van der Waals surface area (Å²) in [5.74, 6) is 0. The predicted octanol–water partition coefficient (Wildman–Crippen LogP) is 3.93. The number of anilines is 1. The number of amides is 2. The number of likely N-dealkylation sites (tertiary alicyclic amines) is 1. The first-order valence-electron chi connectivity index (χ1n) is 8.28. The molecule has 0 aliphatic carbocycles. The highest BCUT2D eigenvalue weighted by molar-refractivity contribution is 9.10. The summed E-state index contributed by atoms with van der Waals surface area (Å²) >= 11 is 3.30. The number of benzene rings is 1. The maximum absolute atomic E-state index is 12.6. The first-order valence-corrected chi connectivity index (χ1v) is 9.07. The Morgan fingerprint density at radius 2 is 1.92 bits per heavy atom. The van der Waals surface area contributed by atoms with Crippen LogP contribution in [0.4, 0.5) is 10.5 Å². The Morgan fingerprint density at radius 3 is 2.60 bits per heavy atom. The number of carbonyl (C=O) groups is 1. The molecule has 7 heteroatoms. The number of carbonyl (C=O) groups excluding carboxylic acids is 1. The van der Waals surface area contributed by atoms with Crippen LogP contribution in [0.1, 0.15) is 24.0 Å². The van der Waals surface area contributed by atoms with Gasteiger partial charge in [-0.05, 0) is 65.9 Å². The number of ether oxygens (including phenoxy) is 1. The van der Waals surface area contributed by atoms with Gasteiger partial charge in [-0.1, -0.05) is 6.07 Å². The van der Waals surface area contributed by atoms with E-state index >= 15 is 0 Å². The first kappa shape index (κ1) is 17.7. The fourth-order valence-corrected chi connectivity index (χ4v) is 3.18. The van der Waals surface area contributed by atoms with E-state index in [4.69, 9.17) is 4.74 Å². The van der Waals surface area contributed by atoms with Gasteiger partial charge in [0.05, 0.1) is 11.0 Å². The zero-order valence-corrected chi connectivity index (χ0v) is 15.9. The maximum Gasteiger partial charge on any atom is 0.321 e. The Labute approximate surface area is 155 Å². The summed E-state index contributed by atoms with van der Waals surface area (Å²) in [5.41, 5.74) is 3.08. The van der Waals surface area contributed by atoms with Crippen molar-refractivity contribution in [3.8, 4) is 6.01 Å². The molecule has 1 aliphatic rings. The zero-order valence-electron chi connectivity index (χ0n) is 14.3. The molecule has 1 saturated heterocycles. The van der Waals surface area contributed by atoms with Crippen molar-refractivity contribution in [1.29, 1.82) is 0 Å². The van der Waals surface area contributed by atoms with Crippen LogP contribution in [0, 0.1) is 13.8 Å². The number of piperidine rings is 1. The van der Waals surface area contributed by atoms with Crippen molar-refractivity contribution in [2.45, 2.75) is 32.8 Å². The van der Waals surface area contributed by atoms with Gasteiger partial charge in [0.15, 0.2) is 0 Å². The lowest BCUT2D eigenvalue weighted by Crippen LogP contribution is -2.46. The molecule has 2 aromatic rings. The van der Waals surface area contributed by atoms with E-state index in [2.05, 4.69) is 37.3 Å². The molecule has 1 N–H and O–H groups in total. The molecular weight excluding hydrogens is 384 g/mol. The number of nitrogens with zero attached hydrogens (tertiary/aromatic N) is 3. The van der Waals surface area contributed by atoms with Crippen LogP contribution in [0.3, 0.4) is 0 Å². The van der Waals surface area contributed by atoms with Crippen molar-refractivity contribution >= 4 is 27.6 Å². The van der Waals surface area contributed by atoms with Crippen molar-refractivity contribution in [3.63, 3.8) is 0 Å². The average molecular weight is 405 g/mol. The van der Waals surface area contributed by atoms with Gasteiger partial charge in [-0.2, -0.15) is 0 Å². The Kier molecular flexibility index (Phi) is 5.53. The minimum atomic E-state index is -0.102. The van der Waals surface area contributed by atoms with E-state index in [9.17, 15) is 4.79 Å². The van der Waals surface area contributed by atoms with Gasteiger partial charge < -0.3 is 15.0 Å². The molecule has 2 heterocycles. The normalized spacial score (nSPS) is 17.2. The van der Waals surface area contributed by atoms with Gasteiger partial charge in [0, 0.05) is 24.6 Å². The van der Waals surface area contributed by atoms with Crippen LogP contribution in [-0.4, -0.2) is 40.1 Å². The van der Waals surface area contributed by atoms with Gasteiger partial charge in [-0.15, -0.1) is 0 Å². The molecule has 1 aromatic carbocycles. The highest BCUT2D eigenvalue weighted by Crippen LogP contribution is 2.19. The number of aryl methyl sites for hydroxylation is 2. The minimum absolute atomic E-state index is 0.0973. The summed E-state index contributed by atoms with van der Waals surface area (Å²) in [5, 5.41) is 2.98. The van der Waals surface area contributed by atoms with Gasteiger partial charge in [-0.25, -0.2) is 14.8 Å². The Hall–Kier alpha value is -2.15. The quantitative estimate of drug-likeness (QED) is 0.841. The van der Waals surface area contributed by atoms with Crippen LogP contribution in [0.15, 0.2) is 35.1 Å². The topological polar surface area (TPSA) is 67.4 Å². The monoisotopic (exact) mass is 404 g/mol. The molecular formula is C18H21BrN4O2. The molecule has 0 radical (unpaired) electrons. The number of rotatable bonds is 3. The van der Waals surface area contributed by atoms with Crippen LogP contribution in [0.2, 0.25) is 0 Å². The Balaban J connectivity index is 1.60. The van der Waals surface area contributed by atoms with E-state index in [0.29, 0.717) is 12.6 Å². The molecule has 1 unspecified atom stereocenters. The van der Waals surface area contributed by atoms with Crippen molar-refractivity contribution in [2.75, 3.05) is 18.4 Å². The molecule has 2 amide bonds. The highest BCUT2D eigenvalue weighted by atomic mass is 79.9. The van der Waals surface area contributed by atoms with Crippen molar-refractivity contribution in [3.05, 3.63) is 46.2 Å². The maximum atomic E-state index is 12.6. The standard InChI is InChI=1S/C18H21BrN4O2/c1-12-6-13(2)8-15(7-12)22-18(24)23-5-3-4-16(11-23)25-17-20-9-14(19)10-21-17/h6-10,16H,3-5,11H2,1-2H3,(H,22,24). The Morgan fingerprint density at radius 1 is 1.24 bits per heavy atom. The van der Waals surface area contributed by atoms with Gasteiger partial charge >= 0.3 is 12.0 Å². The van der Waals surface area contributed by atoms with E-state index in [1.807, 2.05) is 26.0 Å².